The Labute approximate surface area is 161 Å². The Bertz CT molecular complexity index is 673. The second kappa shape index (κ2) is 7.71. The maximum Gasteiger partial charge on any atom is 0.337 e. The minimum absolute atomic E-state index is 0.134. The number of carbonyl (C=O) groups excluding carboxylic acids is 1. The molecule has 1 aliphatic carbocycles. The minimum atomic E-state index is -1.60. The molecule has 5 N–H and O–H groups in total. The predicted molar refractivity (Wildman–Crippen MR) is 91.2 cm³/mol. The van der Waals surface area contributed by atoms with Gasteiger partial charge in [0.1, 0.15) is 24.4 Å². The Morgan fingerprint density at radius 1 is 1.18 bits per heavy atom. The quantitative estimate of drug-likeness (QED) is 0.268. The summed E-state index contributed by atoms with van der Waals surface area (Å²) in [6.45, 7) is 2.82. The fourth-order valence-corrected chi connectivity index (χ4v) is 4.15. The highest BCUT2D eigenvalue weighted by molar-refractivity contribution is 5.90. The van der Waals surface area contributed by atoms with E-state index in [1.165, 1.54) is 7.11 Å². The third kappa shape index (κ3) is 3.14. The molecule has 0 saturated carbocycles. The molecule has 10 heteroatoms. The molecule has 0 amide bonds. The van der Waals surface area contributed by atoms with Crippen molar-refractivity contribution < 1.29 is 49.3 Å². The van der Waals surface area contributed by atoms with E-state index in [0.717, 1.165) is 6.26 Å². The Morgan fingerprint density at radius 2 is 1.86 bits per heavy atom. The number of carbonyl (C=O) groups is 1. The molecule has 2 aliphatic heterocycles. The van der Waals surface area contributed by atoms with Gasteiger partial charge >= 0.3 is 5.97 Å². The Balaban J connectivity index is 1.88. The average Bonchev–Trinajstić information content (AvgIpc) is 2.91. The molecule has 0 bridgehead atoms. The lowest BCUT2D eigenvalue weighted by molar-refractivity contribution is -0.342. The first-order valence-corrected chi connectivity index (χ1v) is 8.93. The van der Waals surface area contributed by atoms with Crippen molar-refractivity contribution in [2.45, 2.75) is 56.9 Å². The highest BCUT2D eigenvalue weighted by atomic mass is 16.8. The molecule has 0 aromatic heterocycles. The lowest BCUT2D eigenvalue weighted by Gasteiger charge is -2.46. The molecule has 1 fully saturated rings. The fourth-order valence-electron chi connectivity index (χ4n) is 4.15. The monoisotopic (exact) mass is 402 g/mol. The van der Waals surface area contributed by atoms with E-state index in [9.17, 15) is 30.3 Å². The normalized spacial score (nSPS) is 45.6. The van der Waals surface area contributed by atoms with Crippen LogP contribution in [-0.2, 0) is 23.7 Å². The lowest BCUT2D eigenvalue weighted by atomic mass is 9.69. The maximum atomic E-state index is 12.2. The Kier molecular flexibility index (Phi) is 5.84. The van der Waals surface area contributed by atoms with Gasteiger partial charge in [-0.2, -0.15) is 0 Å². The molecule has 10 nitrogen and oxygen atoms in total. The minimum Gasteiger partial charge on any atom is -0.471 e. The number of aliphatic hydroxyl groups is 5. The predicted octanol–water partition coefficient (Wildman–Crippen LogP) is -1.84. The fraction of sp³-hybridized carbons (Fsp3) is 0.722. The zero-order chi connectivity index (χ0) is 20.8. The summed E-state index contributed by atoms with van der Waals surface area (Å²) >= 11 is 0. The molecule has 0 radical (unpaired) electrons. The van der Waals surface area contributed by atoms with E-state index in [1.807, 2.05) is 0 Å². The third-order valence-corrected chi connectivity index (χ3v) is 5.87. The van der Waals surface area contributed by atoms with Crippen LogP contribution >= 0.6 is 0 Å². The van der Waals surface area contributed by atoms with Crippen LogP contribution in [0, 0.1) is 11.3 Å². The van der Waals surface area contributed by atoms with E-state index in [0.29, 0.717) is 5.57 Å². The van der Waals surface area contributed by atoms with Crippen molar-refractivity contribution >= 4 is 5.97 Å². The van der Waals surface area contributed by atoms with Crippen molar-refractivity contribution in [3.05, 3.63) is 23.5 Å². The highest BCUT2D eigenvalue weighted by Crippen LogP contribution is 2.53. The van der Waals surface area contributed by atoms with Gasteiger partial charge in [-0.1, -0.05) is 18.6 Å². The van der Waals surface area contributed by atoms with Crippen LogP contribution in [0.5, 0.6) is 0 Å². The molecule has 0 aromatic carbocycles. The van der Waals surface area contributed by atoms with E-state index >= 15 is 0 Å². The van der Waals surface area contributed by atoms with Gasteiger partial charge in [-0.25, -0.2) is 4.79 Å². The summed E-state index contributed by atoms with van der Waals surface area (Å²) in [7, 11) is 1.22. The van der Waals surface area contributed by atoms with Crippen molar-refractivity contribution in [2.24, 2.45) is 11.3 Å². The van der Waals surface area contributed by atoms with Crippen LogP contribution in [0.2, 0.25) is 0 Å². The molecular formula is C18H26O10. The van der Waals surface area contributed by atoms with Crippen molar-refractivity contribution in [1.29, 1.82) is 0 Å². The Hall–Kier alpha value is -1.53. The number of ether oxygens (including phenoxy) is 4. The molecule has 0 aromatic rings. The summed E-state index contributed by atoms with van der Waals surface area (Å²) in [6.07, 6.45) is -6.62. The van der Waals surface area contributed by atoms with E-state index in [4.69, 9.17) is 18.9 Å². The van der Waals surface area contributed by atoms with E-state index in [2.05, 4.69) is 0 Å². The molecule has 9 atom stereocenters. The number of rotatable bonds is 4. The lowest BCUT2D eigenvalue weighted by Crippen LogP contribution is -2.60. The number of hydrogen-bond donors (Lipinski definition) is 5. The summed E-state index contributed by atoms with van der Waals surface area (Å²) in [5.41, 5.74) is -0.276. The van der Waals surface area contributed by atoms with Gasteiger partial charge in [-0.05, 0) is 6.92 Å². The van der Waals surface area contributed by atoms with Gasteiger partial charge in [0.05, 0.1) is 37.6 Å². The first kappa shape index (κ1) is 21.2. The highest BCUT2D eigenvalue weighted by Gasteiger charge is 2.58. The summed E-state index contributed by atoms with van der Waals surface area (Å²) < 4.78 is 21.4. The summed E-state index contributed by atoms with van der Waals surface area (Å²) in [5.74, 6) is -1.27. The van der Waals surface area contributed by atoms with E-state index < -0.39 is 67.0 Å². The smallest absolute Gasteiger partial charge is 0.337 e. The Morgan fingerprint density at radius 3 is 2.46 bits per heavy atom. The van der Waals surface area contributed by atoms with Gasteiger partial charge in [-0.3, -0.25) is 0 Å². The molecule has 0 spiro atoms. The van der Waals surface area contributed by atoms with Crippen molar-refractivity contribution in [3.8, 4) is 0 Å². The second-order valence-electron chi connectivity index (χ2n) is 7.48. The van der Waals surface area contributed by atoms with Crippen LogP contribution < -0.4 is 0 Å². The molecular weight excluding hydrogens is 376 g/mol. The molecule has 28 heavy (non-hydrogen) atoms. The van der Waals surface area contributed by atoms with E-state index in [1.54, 1.807) is 19.9 Å². The van der Waals surface area contributed by atoms with Crippen molar-refractivity contribution in [2.75, 3.05) is 13.7 Å². The zero-order valence-corrected chi connectivity index (χ0v) is 15.8. The third-order valence-electron chi connectivity index (χ3n) is 5.87. The van der Waals surface area contributed by atoms with Gasteiger partial charge in [0, 0.05) is 5.41 Å². The zero-order valence-electron chi connectivity index (χ0n) is 15.8. The van der Waals surface area contributed by atoms with Gasteiger partial charge in [0.25, 0.3) is 0 Å². The first-order valence-electron chi connectivity index (χ1n) is 8.93. The van der Waals surface area contributed by atoms with Crippen LogP contribution in [-0.4, -0.2) is 88.3 Å². The van der Waals surface area contributed by atoms with Crippen LogP contribution in [0.15, 0.2) is 23.5 Å². The second-order valence-corrected chi connectivity index (χ2v) is 7.48. The number of methoxy groups -OCH3 is 1. The molecule has 3 aliphatic rings. The number of fused-ring (bicyclic) bond motifs is 1. The standard InChI is InChI=1S/C18H26O10/c1-7-4-10(20)18(2)8(15(24)25-3)6-26-16(11(7)18)28-17-14(23)13(22)12(21)9(5-19)27-17/h4,6,9-14,16-17,19-23H,5H2,1-3H3/t9-,10-,11+,12-,13+,14-,16+,17+,18+/m1/s1. The van der Waals surface area contributed by atoms with Crippen LogP contribution in [0.4, 0.5) is 0 Å². The van der Waals surface area contributed by atoms with Crippen LogP contribution in [0.25, 0.3) is 0 Å². The topological polar surface area (TPSA) is 155 Å². The molecule has 158 valence electrons. The van der Waals surface area contributed by atoms with Crippen LogP contribution in [0.3, 0.4) is 0 Å². The molecule has 3 rings (SSSR count). The summed E-state index contributed by atoms with van der Waals surface area (Å²) in [4.78, 5) is 12.2. The molecule has 2 heterocycles. The van der Waals surface area contributed by atoms with Crippen LogP contribution in [0.1, 0.15) is 13.8 Å². The largest absolute Gasteiger partial charge is 0.471 e. The average molecular weight is 402 g/mol. The van der Waals surface area contributed by atoms with Crippen molar-refractivity contribution in [1.82, 2.24) is 0 Å². The van der Waals surface area contributed by atoms with Gasteiger partial charge in [0.2, 0.25) is 6.29 Å². The number of esters is 1. The first-order chi connectivity index (χ1) is 13.2. The SMILES string of the molecule is COC(=O)C1=CO[C@@H](O[C@@H]2O[C@H](CO)[C@@H](O)[C@H](O)[C@H]2O)[C@@H]2C(C)=C[C@@H](O)[C@]12C. The number of hydrogen-bond acceptors (Lipinski definition) is 10. The van der Waals surface area contributed by atoms with Gasteiger partial charge < -0.3 is 44.5 Å². The summed E-state index contributed by atoms with van der Waals surface area (Å²) in [5, 5.41) is 49.9. The number of aliphatic hydroxyl groups excluding tert-OH is 5. The van der Waals surface area contributed by atoms with Gasteiger partial charge in [0.15, 0.2) is 6.29 Å². The van der Waals surface area contributed by atoms with Gasteiger partial charge in [-0.15, -0.1) is 0 Å². The maximum absolute atomic E-state index is 12.2. The van der Waals surface area contributed by atoms with Crippen molar-refractivity contribution in [3.63, 3.8) is 0 Å². The molecule has 0 unspecified atom stereocenters. The molecule has 1 saturated heterocycles. The summed E-state index contributed by atoms with van der Waals surface area (Å²) in [6, 6.07) is 0. The van der Waals surface area contributed by atoms with E-state index in [-0.39, 0.29) is 5.57 Å².